The summed E-state index contributed by atoms with van der Waals surface area (Å²) in [5, 5.41) is 11.4. The largest absolute Gasteiger partial charge is 0.324 e. The Morgan fingerprint density at radius 3 is 2.67 bits per heavy atom. The summed E-state index contributed by atoms with van der Waals surface area (Å²) >= 11 is 1.66. The zero-order valence-electron chi connectivity index (χ0n) is 11.0. The van der Waals surface area contributed by atoms with Crippen molar-refractivity contribution >= 4 is 11.3 Å². The molecule has 4 nitrogen and oxygen atoms in total. The van der Waals surface area contributed by atoms with Crippen LogP contribution in [0.3, 0.4) is 0 Å². The van der Waals surface area contributed by atoms with E-state index in [0.29, 0.717) is 0 Å². The van der Waals surface area contributed by atoms with Crippen molar-refractivity contribution in [3.8, 4) is 0 Å². The number of nitrogens with zero attached hydrogens (tertiary/aromatic N) is 3. The predicted octanol–water partition coefficient (Wildman–Crippen LogP) is 2.35. The zero-order valence-corrected chi connectivity index (χ0v) is 11.8. The topological polar surface area (TPSA) is 64.7 Å². The van der Waals surface area contributed by atoms with Gasteiger partial charge in [0, 0.05) is 23.5 Å². The van der Waals surface area contributed by atoms with Crippen LogP contribution in [-0.4, -0.2) is 15.2 Å². The Morgan fingerprint density at radius 1 is 1.28 bits per heavy atom. The summed E-state index contributed by atoms with van der Waals surface area (Å²) in [4.78, 5) is 4.46. The quantitative estimate of drug-likeness (QED) is 0.918. The van der Waals surface area contributed by atoms with Gasteiger partial charge in [0.1, 0.15) is 0 Å². The molecule has 2 aromatic rings. The number of nitrogens with two attached hydrogens (primary N) is 1. The lowest BCUT2D eigenvalue weighted by Gasteiger charge is -2.14. The number of aryl methyl sites for hydroxylation is 3. The van der Waals surface area contributed by atoms with Crippen LogP contribution in [0.5, 0.6) is 0 Å². The molecule has 2 heterocycles. The van der Waals surface area contributed by atoms with Crippen molar-refractivity contribution in [1.82, 2.24) is 15.2 Å². The first-order chi connectivity index (χ1) is 8.60. The van der Waals surface area contributed by atoms with Gasteiger partial charge in [-0.2, -0.15) is 10.2 Å². The van der Waals surface area contributed by atoms with Gasteiger partial charge >= 0.3 is 0 Å². The fraction of sp³-hybridized carbons (Fsp3) is 0.462. The van der Waals surface area contributed by atoms with Crippen LogP contribution in [-0.2, 0) is 12.8 Å². The Kier molecular flexibility index (Phi) is 4.04. The van der Waals surface area contributed by atoms with Gasteiger partial charge in [-0.05, 0) is 31.9 Å². The van der Waals surface area contributed by atoms with Gasteiger partial charge in [-0.3, -0.25) is 0 Å². The van der Waals surface area contributed by atoms with E-state index in [2.05, 4.69) is 27.5 Å². The van der Waals surface area contributed by atoms with Crippen LogP contribution in [0.1, 0.15) is 40.6 Å². The van der Waals surface area contributed by atoms with Crippen LogP contribution >= 0.6 is 11.3 Å². The molecule has 0 saturated heterocycles. The second kappa shape index (κ2) is 5.54. The van der Waals surface area contributed by atoms with E-state index >= 15 is 0 Å². The molecule has 0 radical (unpaired) electrons. The van der Waals surface area contributed by atoms with E-state index in [1.165, 1.54) is 0 Å². The minimum absolute atomic E-state index is 0.0558. The van der Waals surface area contributed by atoms with Gasteiger partial charge in [-0.25, -0.2) is 4.98 Å². The number of rotatable bonds is 4. The molecule has 0 bridgehead atoms. The molecule has 0 spiro atoms. The van der Waals surface area contributed by atoms with E-state index in [1.807, 2.05) is 19.9 Å². The minimum Gasteiger partial charge on any atom is -0.324 e. The van der Waals surface area contributed by atoms with Crippen LogP contribution in [0.4, 0.5) is 0 Å². The molecule has 1 unspecified atom stereocenters. The summed E-state index contributed by atoms with van der Waals surface area (Å²) in [6.07, 6.45) is 1.61. The maximum Gasteiger partial charge on any atom is 0.0947 e. The summed E-state index contributed by atoms with van der Waals surface area (Å²) in [5.41, 5.74) is 10.3. The van der Waals surface area contributed by atoms with Gasteiger partial charge in [-0.1, -0.05) is 6.92 Å². The molecule has 96 valence electrons. The zero-order chi connectivity index (χ0) is 13.1. The highest BCUT2D eigenvalue weighted by Crippen LogP contribution is 2.21. The molecule has 2 N–H and O–H groups in total. The highest BCUT2D eigenvalue weighted by Gasteiger charge is 2.14. The molecule has 18 heavy (non-hydrogen) atoms. The van der Waals surface area contributed by atoms with E-state index in [0.717, 1.165) is 40.5 Å². The second-order valence-corrected chi connectivity index (χ2v) is 5.38. The average molecular weight is 262 g/mol. The molecule has 0 aromatic carbocycles. The van der Waals surface area contributed by atoms with Crippen LogP contribution in [0.2, 0.25) is 0 Å². The highest BCUT2D eigenvalue weighted by molar-refractivity contribution is 7.09. The lowest BCUT2D eigenvalue weighted by molar-refractivity contribution is 0.688. The van der Waals surface area contributed by atoms with Crippen molar-refractivity contribution in [3.63, 3.8) is 0 Å². The van der Waals surface area contributed by atoms with Crippen molar-refractivity contribution < 1.29 is 0 Å². The predicted molar refractivity (Wildman–Crippen MR) is 73.6 cm³/mol. The molecule has 5 heteroatoms. The van der Waals surface area contributed by atoms with Crippen LogP contribution < -0.4 is 5.73 Å². The minimum atomic E-state index is -0.0558. The number of thiazole rings is 1. The van der Waals surface area contributed by atoms with Crippen molar-refractivity contribution in [2.24, 2.45) is 5.73 Å². The standard InChI is InChI=1S/C13H18N4S/c1-4-12-10(5-8(2)16-17-12)11(14)6-13-15-9(3)7-18-13/h5,7,11H,4,6,14H2,1-3H3. The van der Waals surface area contributed by atoms with Gasteiger partial charge in [0.15, 0.2) is 0 Å². The summed E-state index contributed by atoms with van der Waals surface area (Å²) in [6.45, 7) is 6.01. The number of hydrogen-bond acceptors (Lipinski definition) is 5. The Hall–Kier alpha value is -1.33. The Labute approximate surface area is 111 Å². The lowest BCUT2D eigenvalue weighted by Crippen LogP contribution is -2.17. The van der Waals surface area contributed by atoms with Crippen molar-refractivity contribution in [2.45, 2.75) is 39.7 Å². The summed E-state index contributed by atoms with van der Waals surface area (Å²) in [5.74, 6) is 0. The van der Waals surface area contributed by atoms with Crippen LogP contribution in [0.15, 0.2) is 11.4 Å². The van der Waals surface area contributed by atoms with E-state index < -0.39 is 0 Å². The fourth-order valence-corrected chi connectivity index (χ4v) is 2.76. The molecular formula is C13H18N4S. The first-order valence-electron chi connectivity index (χ1n) is 6.09. The molecule has 0 aliphatic rings. The SMILES string of the molecule is CCc1nnc(C)cc1C(N)Cc1nc(C)cs1. The van der Waals surface area contributed by atoms with E-state index in [-0.39, 0.29) is 6.04 Å². The summed E-state index contributed by atoms with van der Waals surface area (Å²) in [6, 6.07) is 1.98. The summed E-state index contributed by atoms with van der Waals surface area (Å²) in [7, 11) is 0. The van der Waals surface area contributed by atoms with Gasteiger partial charge < -0.3 is 5.73 Å². The van der Waals surface area contributed by atoms with E-state index in [1.54, 1.807) is 11.3 Å². The molecule has 1 atom stereocenters. The van der Waals surface area contributed by atoms with Crippen molar-refractivity contribution in [1.29, 1.82) is 0 Å². The third-order valence-corrected chi connectivity index (χ3v) is 3.81. The molecule has 0 amide bonds. The average Bonchev–Trinajstić information content (AvgIpc) is 2.74. The Morgan fingerprint density at radius 2 is 2.06 bits per heavy atom. The molecular weight excluding hydrogens is 244 g/mol. The monoisotopic (exact) mass is 262 g/mol. The molecule has 0 saturated carbocycles. The maximum atomic E-state index is 6.28. The Balaban J connectivity index is 2.22. The third-order valence-electron chi connectivity index (χ3n) is 2.82. The van der Waals surface area contributed by atoms with E-state index in [4.69, 9.17) is 5.73 Å². The van der Waals surface area contributed by atoms with Gasteiger partial charge in [0.25, 0.3) is 0 Å². The number of aromatic nitrogens is 3. The molecule has 0 aliphatic heterocycles. The van der Waals surface area contributed by atoms with Gasteiger partial charge in [-0.15, -0.1) is 11.3 Å². The fourth-order valence-electron chi connectivity index (χ4n) is 1.92. The van der Waals surface area contributed by atoms with Crippen LogP contribution in [0, 0.1) is 13.8 Å². The second-order valence-electron chi connectivity index (χ2n) is 4.43. The van der Waals surface area contributed by atoms with Gasteiger partial charge in [0.05, 0.1) is 16.4 Å². The molecule has 0 fully saturated rings. The van der Waals surface area contributed by atoms with Crippen molar-refractivity contribution in [2.75, 3.05) is 0 Å². The normalized spacial score (nSPS) is 12.7. The van der Waals surface area contributed by atoms with Gasteiger partial charge in [0.2, 0.25) is 0 Å². The van der Waals surface area contributed by atoms with Crippen LogP contribution in [0.25, 0.3) is 0 Å². The molecule has 2 rings (SSSR count). The smallest absolute Gasteiger partial charge is 0.0947 e. The van der Waals surface area contributed by atoms with E-state index in [9.17, 15) is 0 Å². The van der Waals surface area contributed by atoms with Crippen molar-refractivity contribution in [3.05, 3.63) is 39.1 Å². The highest BCUT2D eigenvalue weighted by atomic mass is 32.1. The molecule has 2 aromatic heterocycles. The first-order valence-corrected chi connectivity index (χ1v) is 6.97. The maximum absolute atomic E-state index is 6.28. The lowest BCUT2D eigenvalue weighted by atomic mass is 10.0. The summed E-state index contributed by atoms with van der Waals surface area (Å²) < 4.78 is 0. The first kappa shape index (κ1) is 13.1. The number of hydrogen-bond donors (Lipinski definition) is 1. The Bertz CT molecular complexity index is 536. The molecule has 0 aliphatic carbocycles. The third kappa shape index (κ3) is 2.91.